The van der Waals surface area contributed by atoms with Gasteiger partial charge in [0.25, 0.3) is 0 Å². The molecule has 1 aromatic rings. The van der Waals surface area contributed by atoms with Gasteiger partial charge in [-0.25, -0.2) is 0 Å². The summed E-state index contributed by atoms with van der Waals surface area (Å²) in [7, 11) is 0. The van der Waals surface area contributed by atoms with Crippen LogP contribution >= 0.6 is 0 Å². The van der Waals surface area contributed by atoms with Gasteiger partial charge in [0.05, 0.1) is 5.41 Å². The van der Waals surface area contributed by atoms with Gasteiger partial charge in [0.15, 0.2) is 0 Å². The first-order valence-corrected chi connectivity index (χ1v) is 6.11. The van der Waals surface area contributed by atoms with Crippen molar-refractivity contribution in [2.24, 2.45) is 11.1 Å². The smallest absolute Gasteiger partial charge is 0.310 e. The second-order valence-corrected chi connectivity index (χ2v) is 4.67. The lowest BCUT2D eigenvalue weighted by atomic mass is 9.60. The predicted molar refractivity (Wildman–Crippen MR) is 63.6 cm³/mol. The lowest BCUT2D eigenvalue weighted by Gasteiger charge is -2.43. The summed E-state index contributed by atoms with van der Waals surface area (Å²) in [5.74, 6) is -0.848. The van der Waals surface area contributed by atoms with Gasteiger partial charge < -0.3 is 10.8 Å². The average Bonchev–Trinajstić information content (AvgIpc) is 2.69. The summed E-state index contributed by atoms with van der Waals surface area (Å²) in [5.41, 5.74) is 6.11. The topological polar surface area (TPSA) is 81.1 Å². The minimum absolute atomic E-state index is 0.129. The Balaban J connectivity index is 2.36. The molecule has 0 saturated heterocycles. The number of nitrogens with zero attached hydrogens (tertiary/aromatic N) is 2. The molecule has 1 unspecified atom stereocenters. The number of aryl methyl sites for hydroxylation is 1. The maximum Gasteiger partial charge on any atom is 0.310 e. The van der Waals surface area contributed by atoms with Crippen molar-refractivity contribution in [3.8, 4) is 0 Å². The SMILES string of the molecule is CCn1nccc1C(CN)C1(C(=O)O)CCC1. The molecule has 17 heavy (non-hydrogen) atoms. The van der Waals surface area contributed by atoms with Crippen LogP contribution in [0.3, 0.4) is 0 Å². The highest BCUT2D eigenvalue weighted by Gasteiger charge is 2.51. The molecule has 0 spiro atoms. The van der Waals surface area contributed by atoms with Crippen molar-refractivity contribution in [2.75, 3.05) is 6.54 Å². The van der Waals surface area contributed by atoms with E-state index in [1.165, 1.54) is 0 Å². The highest BCUT2D eigenvalue weighted by Crippen LogP contribution is 2.51. The molecule has 1 aromatic heterocycles. The molecule has 5 heteroatoms. The molecule has 5 nitrogen and oxygen atoms in total. The van der Waals surface area contributed by atoms with Crippen molar-refractivity contribution in [3.63, 3.8) is 0 Å². The molecule has 1 atom stereocenters. The molecule has 1 fully saturated rings. The highest BCUT2D eigenvalue weighted by atomic mass is 16.4. The minimum atomic E-state index is -0.719. The van der Waals surface area contributed by atoms with E-state index >= 15 is 0 Å². The van der Waals surface area contributed by atoms with Crippen LogP contribution in [-0.4, -0.2) is 27.4 Å². The fraction of sp³-hybridized carbons (Fsp3) is 0.667. The molecule has 94 valence electrons. The van der Waals surface area contributed by atoms with Crippen LogP contribution < -0.4 is 5.73 Å². The zero-order valence-electron chi connectivity index (χ0n) is 10.1. The third-order valence-electron chi connectivity index (χ3n) is 3.98. The van der Waals surface area contributed by atoms with Crippen molar-refractivity contribution in [1.82, 2.24) is 9.78 Å². The van der Waals surface area contributed by atoms with Crippen LogP contribution in [-0.2, 0) is 11.3 Å². The molecule has 0 amide bonds. The second kappa shape index (κ2) is 4.49. The van der Waals surface area contributed by atoms with Gasteiger partial charge in [-0.1, -0.05) is 6.42 Å². The number of carbonyl (C=O) groups is 1. The number of carboxylic acid groups (broad SMARTS) is 1. The average molecular weight is 237 g/mol. The lowest BCUT2D eigenvalue weighted by Crippen LogP contribution is -2.46. The first-order chi connectivity index (χ1) is 8.15. The molecule has 1 heterocycles. The van der Waals surface area contributed by atoms with Crippen molar-refractivity contribution in [3.05, 3.63) is 18.0 Å². The van der Waals surface area contributed by atoms with Crippen molar-refractivity contribution < 1.29 is 9.90 Å². The number of hydrogen-bond donors (Lipinski definition) is 2. The van der Waals surface area contributed by atoms with E-state index in [9.17, 15) is 9.90 Å². The van der Waals surface area contributed by atoms with Gasteiger partial charge in [0.1, 0.15) is 0 Å². The first-order valence-electron chi connectivity index (χ1n) is 6.11. The summed E-state index contributed by atoms with van der Waals surface area (Å²) < 4.78 is 1.85. The summed E-state index contributed by atoms with van der Waals surface area (Å²) in [6.45, 7) is 3.10. The molecule has 1 saturated carbocycles. The van der Waals surface area contributed by atoms with Crippen molar-refractivity contribution in [1.29, 1.82) is 0 Å². The predicted octanol–water partition coefficient (Wildman–Crippen LogP) is 1.20. The number of nitrogens with two attached hydrogens (primary N) is 1. The fourth-order valence-electron chi connectivity index (χ4n) is 2.80. The van der Waals surface area contributed by atoms with Gasteiger partial charge in [-0.3, -0.25) is 9.48 Å². The molecule has 3 N–H and O–H groups in total. The summed E-state index contributed by atoms with van der Waals surface area (Å²) in [6.07, 6.45) is 4.14. The summed E-state index contributed by atoms with van der Waals surface area (Å²) in [4.78, 5) is 11.5. The van der Waals surface area contributed by atoms with E-state index in [0.717, 1.165) is 31.5 Å². The Morgan fingerprint density at radius 1 is 1.71 bits per heavy atom. The minimum Gasteiger partial charge on any atom is -0.481 e. The molecule has 0 bridgehead atoms. The van der Waals surface area contributed by atoms with E-state index in [4.69, 9.17) is 5.73 Å². The van der Waals surface area contributed by atoms with Crippen LogP contribution in [0.5, 0.6) is 0 Å². The summed E-state index contributed by atoms with van der Waals surface area (Å²) >= 11 is 0. The molecular weight excluding hydrogens is 218 g/mol. The Bertz CT molecular complexity index is 410. The fourth-order valence-corrected chi connectivity index (χ4v) is 2.80. The first kappa shape index (κ1) is 12.1. The van der Waals surface area contributed by atoms with Crippen LogP contribution in [0.4, 0.5) is 0 Å². The molecule has 0 radical (unpaired) electrons. The molecule has 0 aliphatic heterocycles. The van der Waals surface area contributed by atoms with Crippen LogP contribution in [0.2, 0.25) is 0 Å². The molecular formula is C12H19N3O2. The highest BCUT2D eigenvalue weighted by molar-refractivity contribution is 5.77. The lowest BCUT2D eigenvalue weighted by molar-refractivity contribution is -0.156. The quantitative estimate of drug-likeness (QED) is 0.806. The van der Waals surface area contributed by atoms with Gasteiger partial charge >= 0.3 is 5.97 Å². The van der Waals surface area contributed by atoms with Gasteiger partial charge in [0.2, 0.25) is 0 Å². The second-order valence-electron chi connectivity index (χ2n) is 4.67. The van der Waals surface area contributed by atoms with E-state index in [0.29, 0.717) is 6.54 Å². The molecule has 0 aromatic carbocycles. The largest absolute Gasteiger partial charge is 0.481 e. The van der Waals surface area contributed by atoms with E-state index < -0.39 is 11.4 Å². The third-order valence-corrected chi connectivity index (χ3v) is 3.98. The number of rotatable bonds is 5. The normalized spacial score (nSPS) is 19.6. The van der Waals surface area contributed by atoms with Gasteiger partial charge in [-0.2, -0.15) is 5.10 Å². The number of aromatic nitrogens is 2. The van der Waals surface area contributed by atoms with Crippen molar-refractivity contribution in [2.45, 2.75) is 38.6 Å². The van der Waals surface area contributed by atoms with E-state index in [1.54, 1.807) is 6.20 Å². The van der Waals surface area contributed by atoms with E-state index in [1.807, 2.05) is 17.7 Å². The van der Waals surface area contributed by atoms with Gasteiger partial charge in [-0.15, -0.1) is 0 Å². The Morgan fingerprint density at radius 2 is 2.41 bits per heavy atom. The van der Waals surface area contributed by atoms with Gasteiger partial charge in [0, 0.05) is 30.9 Å². The number of aliphatic carboxylic acids is 1. The van der Waals surface area contributed by atoms with E-state index in [2.05, 4.69) is 5.10 Å². The van der Waals surface area contributed by atoms with Crippen molar-refractivity contribution >= 4 is 5.97 Å². The van der Waals surface area contributed by atoms with Gasteiger partial charge in [-0.05, 0) is 25.8 Å². The third kappa shape index (κ3) is 1.74. The molecule has 1 aliphatic carbocycles. The molecule has 2 rings (SSSR count). The number of carboxylic acids is 1. The Hall–Kier alpha value is -1.36. The Kier molecular flexibility index (Phi) is 3.19. The Labute approximate surface area is 101 Å². The molecule has 1 aliphatic rings. The summed E-state index contributed by atoms with van der Waals surface area (Å²) in [5, 5.41) is 13.7. The Morgan fingerprint density at radius 3 is 2.82 bits per heavy atom. The maximum atomic E-state index is 11.5. The maximum absolute atomic E-state index is 11.5. The number of hydrogen-bond acceptors (Lipinski definition) is 3. The van der Waals surface area contributed by atoms with Crippen LogP contribution in [0.1, 0.15) is 37.8 Å². The zero-order chi connectivity index (χ0) is 12.5. The zero-order valence-corrected chi connectivity index (χ0v) is 10.1. The van der Waals surface area contributed by atoms with Crippen LogP contribution in [0, 0.1) is 5.41 Å². The van der Waals surface area contributed by atoms with E-state index in [-0.39, 0.29) is 5.92 Å². The van der Waals surface area contributed by atoms with Crippen LogP contribution in [0.15, 0.2) is 12.3 Å². The summed E-state index contributed by atoms with van der Waals surface area (Å²) in [6, 6.07) is 1.89. The monoisotopic (exact) mass is 237 g/mol. The van der Waals surface area contributed by atoms with Crippen LogP contribution in [0.25, 0.3) is 0 Å². The standard InChI is InChI=1S/C12H19N3O2/c1-2-15-10(4-7-14-15)9(8-13)12(11(16)17)5-3-6-12/h4,7,9H,2-3,5-6,8,13H2,1H3,(H,16,17).